The van der Waals surface area contributed by atoms with Crippen LogP contribution < -0.4 is 10.6 Å². The SMILES string of the molecule is COC1CCCC1NC(=O)c1noc(C2CCCN2)n1. The smallest absolute Gasteiger partial charge is 0.292 e. The molecule has 1 aliphatic carbocycles. The number of amides is 1. The molecule has 0 aromatic carbocycles. The molecule has 3 atom stereocenters. The molecule has 110 valence electrons. The summed E-state index contributed by atoms with van der Waals surface area (Å²) in [5.41, 5.74) is 0. The van der Waals surface area contributed by atoms with Gasteiger partial charge in [0.05, 0.1) is 18.2 Å². The van der Waals surface area contributed by atoms with Crippen molar-refractivity contribution in [2.45, 2.75) is 50.3 Å². The van der Waals surface area contributed by atoms with Crippen LogP contribution in [0.4, 0.5) is 0 Å². The summed E-state index contributed by atoms with van der Waals surface area (Å²) in [6.07, 6.45) is 5.11. The van der Waals surface area contributed by atoms with Gasteiger partial charge in [0.1, 0.15) is 0 Å². The van der Waals surface area contributed by atoms with Crippen molar-refractivity contribution in [1.29, 1.82) is 0 Å². The maximum absolute atomic E-state index is 12.1. The van der Waals surface area contributed by atoms with Gasteiger partial charge in [0, 0.05) is 7.11 Å². The molecule has 0 radical (unpaired) electrons. The van der Waals surface area contributed by atoms with Crippen molar-refractivity contribution in [3.63, 3.8) is 0 Å². The normalized spacial score (nSPS) is 29.8. The average molecular weight is 280 g/mol. The maximum Gasteiger partial charge on any atom is 0.292 e. The van der Waals surface area contributed by atoms with Gasteiger partial charge in [0.25, 0.3) is 11.7 Å². The largest absolute Gasteiger partial charge is 0.379 e. The first-order valence-electron chi connectivity index (χ1n) is 7.18. The van der Waals surface area contributed by atoms with E-state index in [0.29, 0.717) is 5.89 Å². The van der Waals surface area contributed by atoms with Crippen LogP contribution in [0.25, 0.3) is 0 Å². The lowest BCUT2D eigenvalue weighted by Crippen LogP contribution is -2.41. The number of methoxy groups -OCH3 is 1. The van der Waals surface area contributed by atoms with Gasteiger partial charge in [-0.15, -0.1) is 0 Å². The van der Waals surface area contributed by atoms with Crippen molar-refractivity contribution >= 4 is 5.91 Å². The average Bonchev–Trinajstić information content (AvgIpc) is 3.19. The molecule has 1 saturated heterocycles. The number of aromatic nitrogens is 2. The summed E-state index contributed by atoms with van der Waals surface area (Å²) in [6, 6.07) is 0.126. The molecular weight excluding hydrogens is 260 g/mol. The topological polar surface area (TPSA) is 89.3 Å². The van der Waals surface area contributed by atoms with E-state index in [4.69, 9.17) is 9.26 Å². The molecular formula is C13H20N4O3. The summed E-state index contributed by atoms with van der Waals surface area (Å²) in [5, 5.41) is 9.97. The van der Waals surface area contributed by atoms with Crippen LogP contribution in [0.2, 0.25) is 0 Å². The number of hydrogen-bond acceptors (Lipinski definition) is 6. The number of rotatable bonds is 4. The monoisotopic (exact) mass is 280 g/mol. The van der Waals surface area contributed by atoms with Crippen molar-refractivity contribution in [3.05, 3.63) is 11.7 Å². The third kappa shape index (κ3) is 2.69. The predicted molar refractivity (Wildman–Crippen MR) is 70.2 cm³/mol. The Morgan fingerprint density at radius 2 is 2.30 bits per heavy atom. The third-order valence-electron chi connectivity index (χ3n) is 4.08. The molecule has 3 rings (SSSR count). The number of carbonyl (C=O) groups is 1. The maximum atomic E-state index is 12.1. The first-order chi connectivity index (χ1) is 9.78. The number of ether oxygens (including phenoxy) is 1. The van der Waals surface area contributed by atoms with Gasteiger partial charge in [-0.25, -0.2) is 0 Å². The standard InChI is InChI=1S/C13H20N4O3/c1-19-10-6-2-4-8(10)15-12(18)11-16-13(20-17-11)9-5-3-7-14-9/h8-10,14H,2-7H2,1H3,(H,15,18). The second kappa shape index (κ2) is 5.88. The Balaban J connectivity index is 1.62. The zero-order valence-corrected chi connectivity index (χ0v) is 11.6. The summed E-state index contributed by atoms with van der Waals surface area (Å²) in [7, 11) is 1.67. The predicted octanol–water partition coefficient (Wildman–Crippen LogP) is 0.791. The second-order valence-corrected chi connectivity index (χ2v) is 5.39. The Labute approximate surface area is 117 Å². The molecule has 1 amide bonds. The summed E-state index contributed by atoms with van der Waals surface area (Å²) < 4.78 is 10.5. The molecule has 7 nitrogen and oxygen atoms in total. The Kier molecular flexibility index (Phi) is 3.98. The molecule has 7 heteroatoms. The first-order valence-corrected chi connectivity index (χ1v) is 7.18. The van der Waals surface area contributed by atoms with E-state index < -0.39 is 0 Å². The van der Waals surface area contributed by atoms with Gasteiger partial charge in [-0.1, -0.05) is 5.16 Å². The highest BCUT2D eigenvalue weighted by atomic mass is 16.5. The van der Waals surface area contributed by atoms with Gasteiger partial charge in [0.2, 0.25) is 5.89 Å². The van der Waals surface area contributed by atoms with E-state index in [0.717, 1.165) is 38.6 Å². The minimum atomic E-state index is -0.285. The zero-order valence-electron chi connectivity index (χ0n) is 11.6. The number of nitrogens with one attached hydrogen (secondary N) is 2. The minimum absolute atomic E-state index is 0.0408. The molecule has 1 aromatic rings. The minimum Gasteiger partial charge on any atom is -0.379 e. The fourth-order valence-corrected chi connectivity index (χ4v) is 2.97. The molecule has 2 N–H and O–H groups in total. The van der Waals surface area contributed by atoms with Crippen molar-refractivity contribution in [2.24, 2.45) is 0 Å². The van der Waals surface area contributed by atoms with Gasteiger partial charge in [-0.3, -0.25) is 4.79 Å². The van der Waals surface area contributed by atoms with E-state index >= 15 is 0 Å². The number of hydrogen-bond donors (Lipinski definition) is 2. The molecule has 0 bridgehead atoms. The first kappa shape index (κ1) is 13.5. The highest BCUT2D eigenvalue weighted by molar-refractivity contribution is 5.90. The molecule has 3 unspecified atom stereocenters. The van der Waals surface area contributed by atoms with E-state index in [1.807, 2.05) is 0 Å². The molecule has 20 heavy (non-hydrogen) atoms. The van der Waals surface area contributed by atoms with Gasteiger partial charge in [-0.05, 0) is 38.6 Å². The molecule has 2 aliphatic rings. The molecule has 2 heterocycles. The van der Waals surface area contributed by atoms with Crippen LogP contribution in [0.3, 0.4) is 0 Å². The molecule has 1 aromatic heterocycles. The van der Waals surface area contributed by atoms with Crippen LogP contribution >= 0.6 is 0 Å². The van der Waals surface area contributed by atoms with Crippen LogP contribution in [0, 0.1) is 0 Å². The fraction of sp³-hybridized carbons (Fsp3) is 0.769. The lowest BCUT2D eigenvalue weighted by molar-refractivity contribution is 0.0714. The van der Waals surface area contributed by atoms with E-state index in [2.05, 4.69) is 20.8 Å². The summed E-state index contributed by atoms with van der Waals surface area (Å²) in [6.45, 7) is 0.951. The number of nitrogens with zero attached hydrogens (tertiary/aromatic N) is 2. The highest BCUT2D eigenvalue weighted by Gasteiger charge is 2.30. The van der Waals surface area contributed by atoms with E-state index in [1.165, 1.54) is 0 Å². The Hall–Kier alpha value is -1.47. The van der Waals surface area contributed by atoms with Gasteiger partial charge < -0.3 is 19.9 Å². The van der Waals surface area contributed by atoms with E-state index in [1.54, 1.807) is 7.11 Å². The third-order valence-corrected chi connectivity index (χ3v) is 4.08. The van der Waals surface area contributed by atoms with Gasteiger partial charge >= 0.3 is 0 Å². The van der Waals surface area contributed by atoms with Crippen LogP contribution in [-0.2, 0) is 4.74 Å². The van der Waals surface area contributed by atoms with E-state index in [-0.39, 0.29) is 29.9 Å². The summed E-state index contributed by atoms with van der Waals surface area (Å²) >= 11 is 0. The highest BCUT2D eigenvalue weighted by Crippen LogP contribution is 2.23. The fourth-order valence-electron chi connectivity index (χ4n) is 2.97. The quantitative estimate of drug-likeness (QED) is 0.847. The lowest BCUT2D eigenvalue weighted by Gasteiger charge is -2.18. The molecule has 1 aliphatic heterocycles. The molecule has 2 fully saturated rings. The van der Waals surface area contributed by atoms with E-state index in [9.17, 15) is 4.79 Å². The Morgan fingerprint density at radius 1 is 1.40 bits per heavy atom. The summed E-state index contributed by atoms with van der Waals surface area (Å²) in [4.78, 5) is 16.3. The van der Waals surface area contributed by atoms with Crippen LogP contribution in [0.15, 0.2) is 4.52 Å². The van der Waals surface area contributed by atoms with Crippen LogP contribution in [0.1, 0.15) is 54.7 Å². The molecule has 1 saturated carbocycles. The number of carbonyl (C=O) groups excluding carboxylic acids is 1. The van der Waals surface area contributed by atoms with Crippen molar-refractivity contribution < 1.29 is 14.1 Å². The van der Waals surface area contributed by atoms with Gasteiger partial charge in [-0.2, -0.15) is 4.98 Å². The zero-order chi connectivity index (χ0) is 13.9. The second-order valence-electron chi connectivity index (χ2n) is 5.39. The Morgan fingerprint density at radius 3 is 3.05 bits per heavy atom. The summed E-state index contributed by atoms with van der Waals surface area (Å²) in [5.74, 6) is 0.324. The van der Waals surface area contributed by atoms with Gasteiger partial charge in [0.15, 0.2) is 0 Å². The molecule has 0 spiro atoms. The van der Waals surface area contributed by atoms with Crippen LogP contribution in [-0.4, -0.2) is 41.8 Å². The lowest BCUT2D eigenvalue weighted by atomic mass is 10.2. The van der Waals surface area contributed by atoms with Crippen LogP contribution in [0.5, 0.6) is 0 Å². The van der Waals surface area contributed by atoms with Crippen molar-refractivity contribution in [2.75, 3.05) is 13.7 Å². The van der Waals surface area contributed by atoms with Crippen molar-refractivity contribution in [1.82, 2.24) is 20.8 Å². The van der Waals surface area contributed by atoms with Crippen molar-refractivity contribution in [3.8, 4) is 0 Å². The Bertz CT molecular complexity index is 470.